The number of nitrogens with zero attached hydrogens (tertiary/aromatic N) is 1. The molecule has 0 radical (unpaired) electrons. The third-order valence-electron chi connectivity index (χ3n) is 3.81. The van der Waals surface area contributed by atoms with Crippen LogP contribution in [0.25, 0.3) is 11.0 Å². The summed E-state index contributed by atoms with van der Waals surface area (Å²) < 4.78 is 5.74. The van der Waals surface area contributed by atoms with Gasteiger partial charge < -0.3 is 9.52 Å². The van der Waals surface area contributed by atoms with Gasteiger partial charge in [0.15, 0.2) is 0 Å². The van der Waals surface area contributed by atoms with Crippen molar-refractivity contribution >= 4 is 16.9 Å². The van der Waals surface area contributed by atoms with Gasteiger partial charge in [0.25, 0.3) is 0 Å². The van der Waals surface area contributed by atoms with Crippen LogP contribution in [0.2, 0.25) is 0 Å². The van der Waals surface area contributed by atoms with Crippen molar-refractivity contribution in [2.75, 3.05) is 6.54 Å². The fourth-order valence-electron chi connectivity index (χ4n) is 2.42. The zero-order chi connectivity index (χ0) is 14.7. The molecule has 20 heavy (non-hydrogen) atoms. The predicted octanol–water partition coefficient (Wildman–Crippen LogP) is 3.43. The summed E-state index contributed by atoms with van der Waals surface area (Å²) in [5, 5.41) is 10.1. The third-order valence-corrected chi connectivity index (χ3v) is 3.81. The summed E-state index contributed by atoms with van der Waals surface area (Å²) >= 11 is 0. The number of carbonyl (C=O) groups is 1. The second-order valence-corrected chi connectivity index (χ2v) is 5.19. The summed E-state index contributed by atoms with van der Waals surface area (Å²) in [6.07, 6.45) is 0.919. The lowest BCUT2D eigenvalue weighted by atomic mass is 10.1. The van der Waals surface area contributed by atoms with E-state index in [1.54, 1.807) is 0 Å². The summed E-state index contributed by atoms with van der Waals surface area (Å²) in [5.41, 5.74) is 1.95. The van der Waals surface area contributed by atoms with Crippen LogP contribution < -0.4 is 0 Å². The first-order valence-corrected chi connectivity index (χ1v) is 6.95. The molecular formula is C16H21NO3. The Bertz CT molecular complexity index is 603. The molecule has 1 aromatic heterocycles. The van der Waals surface area contributed by atoms with Crippen molar-refractivity contribution in [3.05, 3.63) is 35.6 Å². The average Bonchev–Trinajstić information content (AvgIpc) is 2.73. The van der Waals surface area contributed by atoms with Crippen molar-refractivity contribution in [2.24, 2.45) is 0 Å². The van der Waals surface area contributed by atoms with Gasteiger partial charge in [-0.3, -0.25) is 9.69 Å². The van der Waals surface area contributed by atoms with Crippen LogP contribution in [0.1, 0.15) is 31.6 Å². The van der Waals surface area contributed by atoms with E-state index in [-0.39, 0.29) is 12.6 Å². The molecule has 0 amide bonds. The van der Waals surface area contributed by atoms with Gasteiger partial charge in [-0.15, -0.1) is 0 Å². The molecule has 0 aliphatic carbocycles. The molecular weight excluding hydrogens is 254 g/mol. The monoisotopic (exact) mass is 275 g/mol. The highest BCUT2D eigenvalue weighted by Crippen LogP contribution is 2.27. The van der Waals surface area contributed by atoms with E-state index in [2.05, 4.69) is 13.8 Å². The van der Waals surface area contributed by atoms with Gasteiger partial charge in [-0.1, -0.05) is 25.1 Å². The first-order valence-electron chi connectivity index (χ1n) is 6.95. The highest BCUT2D eigenvalue weighted by Gasteiger charge is 2.19. The van der Waals surface area contributed by atoms with Crippen LogP contribution in [0.15, 0.2) is 28.7 Å². The summed E-state index contributed by atoms with van der Waals surface area (Å²) in [4.78, 5) is 13.0. The standard InChI is InChI=1S/C16H21NO3/c1-4-11(2)17(10-16(18)19)9-14-12(3)20-15-8-6-5-7-13(14)15/h5-8,11H,4,9-10H2,1-3H3,(H,18,19). The highest BCUT2D eigenvalue weighted by atomic mass is 16.4. The number of benzene rings is 1. The number of aryl methyl sites for hydroxylation is 1. The lowest BCUT2D eigenvalue weighted by molar-refractivity contribution is -0.139. The van der Waals surface area contributed by atoms with Crippen LogP contribution in [0.5, 0.6) is 0 Å². The Hall–Kier alpha value is -1.81. The number of hydrogen-bond acceptors (Lipinski definition) is 3. The van der Waals surface area contributed by atoms with Crippen molar-refractivity contribution in [3.63, 3.8) is 0 Å². The van der Waals surface area contributed by atoms with Gasteiger partial charge in [0.05, 0.1) is 6.54 Å². The maximum absolute atomic E-state index is 11.0. The summed E-state index contributed by atoms with van der Waals surface area (Å²) in [6.45, 7) is 6.71. The van der Waals surface area contributed by atoms with Gasteiger partial charge in [-0.05, 0) is 26.3 Å². The molecule has 0 spiro atoms. The molecule has 1 atom stereocenters. The highest BCUT2D eigenvalue weighted by molar-refractivity contribution is 5.82. The Morgan fingerprint density at radius 1 is 1.40 bits per heavy atom. The normalized spacial score (nSPS) is 13.0. The lowest BCUT2D eigenvalue weighted by Crippen LogP contribution is -2.36. The summed E-state index contributed by atoms with van der Waals surface area (Å²) in [6, 6.07) is 8.11. The fourth-order valence-corrected chi connectivity index (χ4v) is 2.42. The molecule has 0 aliphatic rings. The first-order chi connectivity index (χ1) is 9.52. The van der Waals surface area contributed by atoms with Gasteiger partial charge in [0, 0.05) is 23.5 Å². The molecule has 1 unspecified atom stereocenters. The van der Waals surface area contributed by atoms with Crippen molar-refractivity contribution < 1.29 is 14.3 Å². The fraction of sp³-hybridized carbons (Fsp3) is 0.438. The van der Waals surface area contributed by atoms with E-state index in [9.17, 15) is 4.79 Å². The maximum Gasteiger partial charge on any atom is 0.317 e. The number of furan rings is 1. The Morgan fingerprint density at radius 3 is 2.75 bits per heavy atom. The van der Waals surface area contributed by atoms with Crippen LogP contribution in [-0.2, 0) is 11.3 Å². The van der Waals surface area contributed by atoms with E-state index < -0.39 is 5.97 Å². The van der Waals surface area contributed by atoms with Crippen LogP contribution in [0, 0.1) is 6.92 Å². The molecule has 4 heteroatoms. The van der Waals surface area contributed by atoms with Crippen molar-refractivity contribution in [1.29, 1.82) is 0 Å². The van der Waals surface area contributed by atoms with E-state index in [1.165, 1.54) is 0 Å². The number of para-hydroxylation sites is 1. The molecule has 0 fully saturated rings. The van der Waals surface area contributed by atoms with E-state index in [1.807, 2.05) is 36.1 Å². The molecule has 0 saturated carbocycles. The van der Waals surface area contributed by atoms with Gasteiger partial charge >= 0.3 is 5.97 Å². The quantitative estimate of drug-likeness (QED) is 0.877. The average molecular weight is 275 g/mol. The largest absolute Gasteiger partial charge is 0.480 e. The third kappa shape index (κ3) is 3.02. The van der Waals surface area contributed by atoms with Gasteiger partial charge in [-0.25, -0.2) is 0 Å². The molecule has 1 aromatic carbocycles. The molecule has 2 rings (SSSR count). The van der Waals surface area contributed by atoms with Crippen LogP contribution in [0.3, 0.4) is 0 Å². The van der Waals surface area contributed by atoms with E-state index in [0.717, 1.165) is 28.7 Å². The van der Waals surface area contributed by atoms with Crippen molar-refractivity contribution in [2.45, 2.75) is 39.8 Å². The topological polar surface area (TPSA) is 53.7 Å². The van der Waals surface area contributed by atoms with E-state index >= 15 is 0 Å². The maximum atomic E-state index is 11.0. The van der Waals surface area contributed by atoms with E-state index in [4.69, 9.17) is 9.52 Å². The Balaban J connectivity index is 2.32. The second kappa shape index (κ2) is 6.09. The molecule has 1 heterocycles. The van der Waals surface area contributed by atoms with Gasteiger partial charge in [0.1, 0.15) is 11.3 Å². The molecule has 2 aromatic rings. The summed E-state index contributed by atoms with van der Waals surface area (Å²) in [7, 11) is 0. The lowest BCUT2D eigenvalue weighted by Gasteiger charge is -2.26. The zero-order valence-electron chi connectivity index (χ0n) is 12.2. The number of fused-ring (bicyclic) bond motifs is 1. The number of hydrogen-bond donors (Lipinski definition) is 1. The Kier molecular flexibility index (Phi) is 4.45. The van der Waals surface area contributed by atoms with Gasteiger partial charge in [-0.2, -0.15) is 0 Å². The first kappa shape index (κ1) is 14.6. The molecule has 0 saturated heterocycles. The number of rotatable bonds is 6. The van der Waals surface area contributed by atoms with Gasteiger partial charge in [0.2, 0.25) is 0 Å². The molecule has 4 nitrogen and oxygen atoms in total. The second-order valence-electron chi connectivity index (χ2n) is 5.19. The van der Waals surface area contributed by atoms with Crippen LogP contribution >= 0.6 is 0 Å². The molecule has 0 aliphatic heterocycles. The smallest absolute Gasteiger partial charge is 0.317 e. The number of carboxylic acid groups (broad SMARTS) is 1. The van der Waals surface area contributed by atoms with E-state index in [0.29, 0.717) is 6.54 Å². The minimum Gasteiger partial charge on any atom is -0.480 e. The van der Waals surface area contributed by atoms with Crippen LogP contribution in [-0.4, -0.2) is 28.6 Å². The number of carboxylic acids is 1. The Morgan fingerprint density at radius 2 is 2.10 bits per heavy atom. The zero-order valence-corrected chi connectivity index (χ0v) is 12.2. The SMILES string of the molecule is CCC(C)N(CC(=O)O)Cc1c(C)oc2ccccc12. The Labute approximate surface area is 119 Å². The molecule has 108 valence electrons. The minimum atomic E-state index is -0.796. The summed E-state index contributed by atoms with van der Waals surface area (Å²) in [5.74, 6) is 0.0700. The number of aliphatic carboxylic acids is 1. The molecule has 0 bridgehead atoms. The molecule has 1 N–H and O–H groups in total. The van der Waals surface area contributed by atoms with Crippen molar-refractivity contribution in [3.8, 4) is 0 Å². The minimum absolute atomic E-state index is 0.0496. The van der Waals surface area contributed by atoms with Crippen LogP contribution in [0.4, 0.5) is 0 Å². The van der Waals surface area contributed by atoms with Crippen molar-refractivity contribution in [1.82, 2.24) is 4.90 Å². The predicted molar refractivity (Wildman–Crippen MR) is 78.7 cm³/mol.